The summed E-state index contributed by atoms with van der Waals surface area (Å²) in [6, 6.07) is 5.84. The second kappa shape index (κ2) is 7.53. The Morgan fingerprint density at radius 3 is 2.30 bits per heavy atom. The van der Waals surface area contributed by atoms with Crippen molar-refractivity contribution >= 4 is 11.9 Å². The van der Waals surface area contributed by atoms with E-state index in [2.05, 4.69) is 0 Å². The molecule has 2 fully saturated rings. The van der Waals surface area contributed by atoms with Crippen LogP contribution in [-0.4, -0.2) is 41.6 Å². The summed E-state index contributed by atoms with van der Waals surface area (Å²) in [4.78, 5) is 27.9. The smallest absolute Gasteiger partial charge is 0.410 e. The molecular formula is C22H31NO4. The van der Waals surface area contributed by atoms with Crippen LogP contribution in [0.1, 0.15) is 68.8 Å². The molecule has 1 aromatic rings. The molecule has 2 heterocycles. The Morgan fingerprint density at radius 1 is 1.11 bits per heavy atom. The van der Waals surface area contributed by atoms with Gasteiger partial charge in [0, 0.05) is 23.6 Å². The van der Waals surface area contributed by atoms with E-state index >= 15 is 0 Å². The molecule has 0 saturated carbocycles. The highest BCUT2D eigenvalue weighted by Crippen LogP contribution is 2.39. The Bertz CT molecular complexity index is 708. The normalized spacial score (nSPS) is 25.1. The van der Waals surface area contributed by atoms with Crippen molar-refractivity contribution in [1.29, 1.82) is 0 Å². The second-order valence-corrected chi connectivity index (χ2v) is 8.84. The Morgan fingerprint density at radius 2 is 1.74 bits per heavy atom. The van der Waals surface area contributed by atoms with Gasteiger partial charge in [0.15, 0.2) is 5.78 Å². The molecule has 0 radical (unpaired) electrons. The number of nitrogens with zero attached hydrogens (tertiary/aromatic N) is 1. The number of piperidine rings is 2. The fraction of sp³-hybridized carbons (Fsp3) is 0.636. The summed E-state index contributed by atoms with van der Waals surface area (Å²) in [5.41, 5.74) is 1.21. The molecule has 1 aromatic carbocycles. The van der Waals surface area contributed by atoms with Crippen LogP contribution in [0.5, 0.6) is 5.75 Å². The molecular weight excluding hydrogens is 342 g/mol. The molecule has 0 spiro atoms. The summed E-state index contributed by atoms with van der Waals surface area (Å²) < 4.78 is 10.9. The van der Waals surface area contributed by atoms with E-state index in [1.54, 1.807) is 7.11 Å². The summed E-state index contributed by atoms with van der Waals surface area (Å²) in [6.45, 7) is 7.64. The zero-order chi connectivity index (χ0) is 19.8. The predicted molar refractivity (Wildman–Crippen MR) is 104 cm³/mol. The SMILES string of the molecule is COc1ccc(C)c(C(=O)C2CC3CCCC(C2)N3C(=O)OC(C)(C)C)c1. The average Bonchev–Trinajstić information content (AvgIpc) is 2.59. The van der Waals surface area contributed by atoms with Crippen LogP contribution in [0, 0.1) is 12.8 Å². The minimum atomic E-state index is -0.504. The topological polar surface area (TPSA) is 55.8 Å². The highest BCUT2D eigenvalue weighted by molar-refractivity contribution is 5.99. The van der Waals surface area contributed by atoms with Crippen LogP contribution in [0.15, 0.2) is 18.2 Å². The number of carbonyl (C=O) groups excluding carboxylic acids is 2. The molecule has 5 nitrogen and oxygen atoms in total. The average molecular weight is 373 g/mol. The van der Waals surface area contributed by atoms with Crippen LogP contribution >= 0.6 is 0 Å². The molecule has 5 heteroatoms. The largest absolute Gasteiger partial charge is 0.497 e. The van der Waals surface area contributed by atoms with Gasteiger partial charge in [-0.2, -0.15) is 0 Å². The van der Waals surface area contributed by atoms with E-state index in [-0.39, 0.29) is 29.9 Å². The lowest BCUT2D eigenvalue weighted by Crippen LogP contribution is -2.56. The number of aryl methyl sites for hydroxylation is 1. The molecule has 3 rings (SSSR count). The van der Waals surface area contributed by atoms with Crippen molar-refractivity contribution in [2.75, 3.05) is 7.11 Å². The van der Waals surface area contributed by atoms with E-state index in [0.29, 0.717) is 18.6 Å². The van der Waals surface area contributed by atoms with Gasteiger partial charge in [-0.3, -0.25) is 4.79 Å². The third-order valence-corrected chi connectivity index (χ3v) is 5.66. The van der Waals surface area contributed by atoms with E-state index in [9.17, 15) is 9.59 Å². The van der Waals surface area contributed by atoms with Crippen LogP contribution in [-0.2, 0) is 4.74 Å². The zero-order valence-corrected chi connectivity index (χ0v) is 17.1. The first-order valence-electron chi connectivity index (χ1n) is 9.90. The van der Waals surface area contributed by atoms with Crippen molar-refractivity contribution < 1.29 is 19.1 Å². The van der Waals surface area contributed by atoms with Crippen LogP contribution in [0.2, 0.25) is 0 Å². The Balaban J connectivity index is 1.78. The maximum Gasteiger partial charge on any atom is 0.410 e. The Kier molecular flexibility index (Phi) is 5.50. The zero-order valence-electron chi connectivity index (χ0n) is 17.1. The number of fused-ring (bicyclic) bond motifs is 2. The molecule has 2 saturated heterocycles. The first kappa shape index (κ1) is 19.7. The molecule has 0 aromatic heterocycles. The first-order chi connectivity index (χ1) is 12.7. The molecule has 2 unspecified atom stereocenters. The maximum atomic E-state index is 13.2. The summed E-state index contributed by atoms with van der Waals surface area (Å²) in [5, 5.41) is 0. The van der Waals surface area contributed by atoms with Crippen molar-refractivity contribution in [3.63, 3.8) is 0 Å². The molecule has 2 atom stereocenters. The summed E-state index contributed by atoms with van der Waals surface area (Å²) in [5.74, 6) is 0.826. The van der Waals surface area contributed by atoms with Gasteiger partial charge in [-0.15, -0.1) is 0 Å². The molecule has 2 aliphatic rings. The number of carbonyl (C=O) groups is 2. The van der Waals surface area contributed by atoms with Crippen molar-refractivity contribution in [3.05, 3.63) is 29.3 Å². The number of hydrogen-bond acceptors (Lipinski definition) is 4. The predicted octanol–water partition coefficient (Wildman–Crippen LogP) is 4.75. The molecule has 2 aliphatic heterocycles. The van der Waals surface area contributed by atoms with E-state index < -0.39 is 5.60 Å². The van der Waals surface area contributed by atoms with Gasteiger partial charge in [0.05, 0.1) is 7.11 Å². The van der Waals surface area contributed by atoms with Gasteiger partial charge in [-0.25, -0.2) is 4.79 Å². The highest BCUT2D eigenvalue weighted by atomic mass is 16.6. The number of rotatable bonds is 3. The fourth-order valence-electron chi connectivity index (χ4n) is 4.42. The Labute approximate surface area is 162 Å². The highest BCUT2D eigenvalue weighted by Gasteiger charge is 2.44. The maximum absolute atomic E-state index is 13.2. The summed E-state index contributed by atoms with van der Waals surface area (Å²) >= 11 is 0. The van der Waals surface area contributed by atoms with E-state index in [1.165, 1.54) is 0 Å². The van der Waals surface area contributed by atoms with Gasteiger partial charge in [0.1, 0.15) is 11.4 Å². The van der Waals surface area contributed by atoms with E-state index in [0.717, 1.165) is 30.4 Å². The third kappa shape index (κ3) is 4.28. The molecule has 0 aliphatic carbocycles. The van der Waals surface area contributed by atoms with Crippen LogP contribution in [0.3, 0.4) is 0 Å². The van der Waals surface area contributed by atoms with E-state index in [4.69, 9.17) is 9.47 Å². The van der Waals surface area contributed by atoms with Crippen molar-refractivity contribution in [2.24, 2.45) is 5.92 Å². The lowest BCUT2D eigenvalue weighted by molar-refractivity contribution is -0.0260. The molecule has 148 valence electrons. The summed E-state index contributed by atoms with van der Waals surface area (Å²) in [7, 11) is 1.61. The Hall–Kier alpha value is -2.04. The van der Waals surface area contributed by atoms with Gasteiger partial charge in [0.2, 0.25) is 0 Å². The van der Waals surface area contributed by atoms with Gasteiger partial charge >= 0.3 is 6.09 Å². The van der Waals surface area contributed by atoms with Gasteiger partial charge in [-0.1, -0.05) is 6.07 Å². The van der Waals surface area contributed by atoms with Crippen LogP contribution in [0.4, 0.5) is 4.79 Å². The minimum absolute atomic E-state index is 0.0511. The fourth-order valence-corrected chi connectivity index (χ4v) is 4.42. The number of ether oxygens (including phenoxy) is 2. The number of methoxy groups -OCH3 is 1. The number of ketones is 1. The van der Waals surface area contributed by atoms with Crippen molar-refractivity contribution in [3.8, 4) is 5.75 Å². The van der Waals surface area contributed by atoms with Crippen molar-refractivity contribution in [2.45, 2.75) is 77.5 Å². The molecule has 0 N–H and O–H groups in total. The number of Topliss-reactive ketones (excluding diaryl/α,β-unsaturated/α-hetero) is 1. The lowest BCUT2D eigenvalue weighted by atomic mass is 9.75. The van der Waals surface area contributed by atoms with Crippen LogP contribution < -0.4 is 4.74 Å². The molecule has 27 heavy (non-hydrogen) atoms. The van der Waals surface area contributed by atoms with E-state index in [1.807, 2.05) is 50.8 Å². The number of amides is 1. The summed E-state index contributed by atoms with van der Waals surface area (Å²) in [6.07, 6.45) is 4.18. The monoisotopic (exact) mass is 373 g/mol. The number of hydrogen-bond donors (Lipinski definition) is 0. The van der Waals surface area contributed by atoms with Crippen molar-refractivity contribution in [1.82, 2.24) is 4.90 Å². The minimum Gasteiger partial charge on any atom is -0.497 e. The van der Waals surface area contributed by atoms with Gasteiger partial charge in [0.25, 0.3) is 0 Å². The standard InChI is InChI=1S/C22H31NO4/c1-14-9-10-18(26-5)13-19(14)20(24)15-11-16-7-6-8-17(12-15)23(16)21(25)27-22(2,3)4/h9-10,13,15-17H,6-8,11-12H2,1-5H3. The third-order valence-electron chi connectivity index (χ3n) is 5.66. The molecule has 1 amide bonds. The van der Waals surface area contributed by atoms with Crippen LogP contribution in [0.25, 0.3) is 0 Å². The first-order valence-corrected chi connectivity index (χ1v) is 9.90. The van der Waals surface area contributed by atoms with Gasteiger partial charge < -0.3 is 14.4 Å². The second-order valence-electron chi connectivity index (χ2n) is 8.84. The van der Waals surface area contributed by atoms with Gasteiger partial charge in [-0.05, 0) is 77.5 Å². The number of benzene rings is 1. The lowest BCUT2D eigenvalue weighted by Gasteiger charge is -2.48. The molecule has 2 bridgehead atoms. The quantitative estimate of drug-likeness (QED) is 0.717.